The second-order valence-electron chi connectivity index (χ2n) is 4.54. The maximum Gasteiger partial charge on any atom is 0.120 e. The standard InChI is InChI=1S/C16H21NO2/c1-3-18-12-15-7-5-4-6-14(15)10-17-11-16-13(2)8-9-19-16/h4-9,17H,3,10-12H2,1-2H3. The third kappa shape index (κ3) is 3.94. The molecule has 1 heterocycles. The molecule has 1 N–H and O–H groups in total. The van der Waals surface area contributed by atoms with E-state index in [1.807, 2.05) is 13.0 Å². The Morgan fingerprint density at radius 2 is 1.89 bits per heavy atom. The highest BCUT2D eigenvalue weighted by Gasteiger charge is 2.04. The zero-order chi connectivity index (χ0) is 13.5. The number of rotatable bonds is 7. The lowest BCUT2D eigenvalue weighted by Gasteiger charge is -2.10. The molecule has 0 saturated carbocycles. The minimum atomic E-state index is 0.675. The van der Waals surface area contributed by atoms with E-state index in [9.17, 15) is 0 Å². The van der Waals surface area contributed by atoms with Gasteiger partial charge in [-0.2, -0.15) is 0 Å². The molecule has 3 heteroatoms. The van der Waals surface area contributed by atoms with Crippen LogP contribution >= 0.6 is 0 Å². The summed E-state index contributed by atoms with van der Waals surface area (Å²) in [6.07, 6.45) is 1.73. The van der Waals surface area contributed by atoms with Crippen molar-refractivity contribution in [3.05, 3.63) is 59.0 Å². The second-order valence-corrected chi connectivity index (χ2v) is 4.54. The molecule has 0 aliphatic carbocycles. The van der Waals surface area contributed by atoms with Gasteiger partial charge in [0, 0.05) is 13.2 Å². The molecule has 102 valence electrons. The zero-order valence-electron chi connectivity index (χ0n) is 11.6. The van der Waals surface area contributed by atoms with Gasteiger partial charge in [0.2, 0.25) is 0 Å². The first kappa shape index (κ1) is 13.8. The van der Waals surface area contributed by atoms with E-state index in [1.54, 1.807) is 6.26 Å². The summed E-state index contributed by atoms with van der Waals surface area (Å²) >= 11 is 0. The molecule has 2 rings (SSSR count). The highest BCUT2D eigenvalue weighted by Crippen LogP contribution is 2.12. The predicted octanol–water partition coefficient (Wildman–Crippen LogP) is 3.41. The minimum absolute atomic E-state index is 0.675. The van der Waals surface area contributed by atoms with Crippen LogP contribution in [0.5, 0.6) is 0 Å². The maximum atomic E-state index is 5.49. The fourth-order valence-corrected chi connectivity index (χ4v) is 1.98. The van der Waals surface area contributed by atoms with Gasteiger partial charge in [0.15, 0.2) is 0 Å². The van der Waals surface area contributed by atoms with E-state index < -0.39 is 0 Å². The van der Waals surface area contributed by atoms with Crippen molar-refractivity contribution in [1.29, 1.82) is 0 Å². The summed E-state index contributed by atoms with van der Waals surface area (Å²) in [5, 5.41) is 3.41. The fraction of sp³-hybridized carbons (Fsp3) is 0.375. The molecule has 0 aliphatic heterocycles. The predicted molar refractivity (Wildman–Crippen MR) is 75.8 cm³/mol. The third-order valence-electron chi connectivity index (χ3n) is 3.15. The van der Waals surface area contributed by atoms with Crippen molar-refractivity contribution < 1.29 is 9.15 Å². The number of benzene rings is 1. The van der Waals surface area contributed by atoms with E-state index in [1.165, 1.54) is 16.7 Å². The van der Waals surface area contributed by atoms with Crippen molar-refractivity contribution in [3.8, 4) is 0 Å². The van der Waals surface area contributed by atoms with Crippen LogP contribution in [0.3, 0.4) is 0 Å². The summed E-state index contributed by atoms with van der Waals surface area (Å²) in [7, 11) is 0. The average Bonchev–Trinajstić information content (AvgIpc) is 2.83. The van der Waals surface area contributed by atoms with Crippen molar-refractivity contribution in [2.24, 2.45) is 0 Å². The number of nitrogens with one attached hydrogen (secondary N) is 1. The number of hydrogen-bond acceptors (Lipinski definition) is 3. The summed E-state index contributed by atoms with van der Waals surface area (Å²) in [6, 6.07) is 10.3. The van der Waals surface area contributed by atoms with Crippen molar-refractivity contribution in [2.75, 3.05) is 6.61 Å². The summed E-state index contributed by atoms with van der Waals surface area (Å²) in [5.74, 6) is 1.00. The molecule has 0 unspecified atom stereocenters. The first-order valence-electron chi connectivity index (χ1n) is 6.69. The molecule has 0 bridgehead atoms. The lowest BCUT2D eigenvalue weighted by molar-refractivity contribution is 0.133. The van der Waals surface area contributed by atoms with E-state index in [2.05, 4.69) is 36.5 Å². The van der Waals surface area contributed by atoms with Gasteiger partial charge in [0.05, 0.1) is 19.4 Å². The largest absolute Gasteiger partial charge is 0.468 e. The maximum absolute atomic E-state index is 5.49. The number of hydrogen-bond donors (Lipinski definition) is 1. The van der Waals surface area contributed by atoms with Crippen molar-refractivity contribution in [2.45, 2.75) is 33.5 Å². The molecular formula is C16H21NO2. The Bertz CT molecular complexity index is 505. The van der Waals surface area contributed by atoms with Crippen LogP contribution < -0.4 is 5.32 Å². The molecule has 0 atom stereocenters. The van der Waals surface area contributed by atoms with Gasteiger partial charge in [0.25, 0.3) is 0 Å². The summed E-state index contributed by atoms with van der Waals surface area (Å²) in [5.41, 5.74) is 3.71. The van der Waals surface area contributed by atoms with Gasteiger partial charge in [-0.15, -0.1) is 0 Å². The van der Waals surface area contributed by atoms with Gasteiger partial charge in [-0.05, 0) is 36.6 Å². The van der Waals surface area contributed by atoms with Crippen LogP contribution in [0.4, 0.5) is 0 Å². The normalized spacial score (nSPS) is 10.8. The van der Waals surface area contributed by atoms with Gasteiger partial charge in [-0.3, -0.25) is 0 Å². The van der Waals surface area contributed by atoms with Crippen LogP contribution in [0.1, 0.15) is 29.4 Å². The number of aryl methyl sites for hydroxylation is 1. The Labute approximate surface area is 114 Å². The zero-order valence-corrected chi connectivity index (χ0v) is 11.6. The summed E-state index contributed by atoms with van der Waals surface area (Å²) < 4.78 is 10.9. The highest BCUT2D eigenvalue weighted by molar-refractivity contribution is 5.26. The lowest BCUT2D eigenvalue weighted by atomic mass is 10.1. The molecule has 0 spiro atoms. The molecule has 3 nitrogen and oxygen atoms in total. The average molecular weight is 259 g/mol. The monoisotopic (exact) mass is 259 g/mol. The Morgan fingerprint density at radius 1 is 1.11 bits per heavy atom. The first-order valence-corrected chi connectivity index (χ1v) is 6.69. The fourth-order valence-electron chi connectivity index (χ4n) is 1.98. The van der Waals surface area contributed by atoms with Gasteiger partial charge in [-0.25, -0.2) is 0 Å². The smallest absolute Gasteiger partial charge is 0.120 e. The topological polar surface area (TPSA) is 34.4 Å². The van der Waals surface area contributed by atoms with Gasteiger partial charge in [-0.1, -0.05) is 24.3 Å². The quantitative estimate of drug-likeness (QED) is 0.827. The van der Waals surface area contributed by atoms with Crippen LogP contribution in [-0.4, -0.2) is 6.61 Å². The van der Waals surface area contributed by atoms with Crippen LogP contribution in [0.2, 0.25) is 0 Å². The number of furan rings is 1. The van der Waals surface area contributed by atoms with E-state index >= 15 is 0 Å². The Balaban J connectivity index is 1.90. The van der Waals surface area contributed by atoms with Crippen LogP contribution in [0.25, 0.3) is 0 Å². The molecule has 1 aromatic heterocycles. The van der Waals surface area contributed by atoms with Crippen LogP contribution in [0, 0.1) is 6.92 Å². The molecule has 0 radical (unpaired) electrons. The van der Waals surface area contributed by atoms with Crippen molar-refractivity contribution in [3.63, 3.8) is 0 Å². The Hall–Kier alpha value is -1.58. The van der Waals surface area contributed by atoms with Crippen molar-refractivity contribution >= 4 is 0 Å². The molecule has 19 heavy (non-hydrogen) atoms. The highest BCUT2D eigenvalue weighted by atomic mass is 16.5. The third-order valence-corrected chi connectivity index (χ3v) is 3.15. The van der Waals surface area contributed by atoms with E-state index in [4.69, 9.17) is 9.15 Å². The molecule has 0 fully saturated rings. The van der Waals surface area contributed by atoms with Crippen LogP contribution in [0.15, 0.2) is 41.0 Å². The molecule has 0 amide bonds. The van der Waals surface area contributed by atoms with E-state index in [-0.39, 0.29) is 0 Å². The molecule has 0 saturated heterocycles. The van der Waals surface area contributed by atoms with Gasteiger partial charge >= 0.3 is 0 Å². The molecule has 1 aromatic carbocycles. The lowest BCUT2D eigenvalue weighted by Crippen LogP contribution is -2.14. The van der Waals surface area contributed by atoms with Gasteiger partial charge in [0.1, 0.15) is 5.76 Å². The first-order chi connectivity index (χ1) is 9.31. The Morgan fingerprint density at radius 3 is 2.58 bits per heavy atom. The number of ether oxygens (including phenoxy) is 1. The summed E-state index contributed by atoms with van der Waals surface area (Å²) in [6.45, 7) is 7.07. The minimum Gasteiger partial charge on any atom is -0.468 e. The molecular weight excluding hydrogens is 238 g/mol. The molecule has 2 aromatic rings. The van der Waals surface area contributed by atoms with E-state index in [0.29, 0.717) is 6.61 Å². The summed E-state index contributed by atoms with van der Waals surface area (Å²) in [4.78, 5) is 0. The van der Waals surface area contributed by atoms with Crippen LogP contribution in [-0.2, 0) is 24.4 Å². The molecule has 0 aliphatic rings. The van der Waals surface area contributed by atoms with Crippen molar-refractivity contribution in [1.82, 2.24) is 5.32 Å². The van der Waals surface area contributed by atoms with Gasteiger partial charge < -0.3 is 14.5 Å². The SMILES string of the molecule is CCOCc1ccccc1CNCc1occc1C. The second kappa shape index (κ2) is 7.12. The van der Waals surface area contributed by atoms with E-state index in [0.717, 1.165) is 25.5 Å². The Kier molecular flexibility index (Phi) is 5.19.